The van der Waals surface area contributed by atoms with E-state index in [0.717, 1.165) is 17.0 Å². The van der Waals surface area contributed by atoms with E-state index in [2.05, 4.69) is 10.1 Å². The third-order valence-electron chi connectivity index (χ3n) is 5.26. The van der Waals surface area contributed by atoms with Gasteiger partial charge in [0, 0.05) is 19.4 Å². The molecule has 2 aromatic rings. The Hall–Kier alpha value is -3.89. The van der Waals surface area contributed by atoms with Gasteiger partial charge in [-0.1, -0.05) is 42.5 Å². The number of ether oxygens (including phenoxy) is 1. The summed E-state index contributed by atoms with van der Waals surface area (Å²) in [6.07, 6.45) is -4.70. The number of nitrogens with two attached hydrogens (primary N) is 1. The number of halogens is 3. The summed E-state index contributed by atoms with van der Waals surface area (Å²) in [4.78, 5) is 50.7. The highest BCUT2D eigenvalue weighted by atomic mass is 19.4. The number of rotatable bonds is 9. The molecule has 0 aromatic heterocycles. The summed E-state index contributed by atoms with van der Waals surface area (Å²) in [5.41, 5.74) is 6.10. The average Bonchev–Trinajstić information content (AvgIpc) is 3.21. The van der Waals surface area contributed by atoms with Gasteiger partial charge in [0.1, 0.15) is 17.8 Å². The fraction of sp³-hybridized carbons (Fsp3) is 0.304. The predicted octanol–water partition coefficient (Wildman–Crippen LogP) is 1.86. The molecule has 34 heavy (non-hydrogen) atoms. The molecule has 0 saturated carbocycles. The maximum atomic E-state index is 13.4. The fourth-order valence-corrected chi connectivity index (χ4v) is 3.72. The Labute approximate surface area is 192 Å². The Balaban J connectivity index is 1.98. The molecule has 1 fully saturated rings. The van der Waals surface area contributed by atoms with Gasteiger partial charge in [-0.05, 0) is 29.7 Å². The van der Waals surface area contributed by atoms with Gasteiger partial charge in [0.15, 0.2) is 0 Å². The van der Waals surface area contributed by atoms with Crippen molar-refractivity contribution in [2.45, 2.75) is 44.3 Å². The van der Waals surface area contributed by atoms with Gasteiger partial charge in [-0.2, -0.15) is 0 Å². The normalized spacial score (nSPS) is 16.4. The van der Waals surface area contributed by atoms with Crippen LogP contribution in [0.2, 0.25) is 0 Å². The van der Waals surface area contributed by atoms with Crippen LogP contribution in [-0.4, -0.2) is 46.9 Å². The summed E-state index contributed by atoms with van der Waals surface area (Å²) < 4.78 is 41.9. The lowest BCUT2D eigenvalue weighted by Gasteiger charge is -2.32. The molecule has 1 saturated heterocycles. The number of amides is 3. The number of ketones is 1. The number of primary amides is 1. The summed E-state index contributed by atoms with van der Waals surface area (Å²) >= 11 is 0. The van der Waals surface area contributed by atoms with Crippen molar-refractivity contribution in [3.05, 3.63) is 65.7 Å². The number of carbonyl (C=O) groups excluding carboxylic acids is 4. The summed E-state index contributed by atoms with van der Waals surface area (Å²) in [6.45, 7) is -0.323. The topological polar surface area (TPSA) is 119 Å². The number of carbonyl (C=O) groups is 4. The van der Waals surface area contributed by atoms with Crippen LogP contribution in [0.1, 0.15) is 24.0 Å². The molecule has 180 valence electrons. The number of benzene rings is 2. The minimum atomic E-state index is -4.92. The van der Waals surface area contributed by atoms with Gasteiger partial charge >= 0.3 is 6.36 Å². The number of alkyl halides is 3. The van der Waals surface area contributed by atoms with Crippen molar-refractivity contribution < 1.29 is 37.1 Å². The number of hydrogen-bond acceptors (Lipinski definition) is 5. The molecule has 0 radical (unpaired) electrons. The lowest BCUT2D eigenvalue weighted by Crippen LogP contribution is -2.54. The van der Waals surface area contributed by atoms with E-state index in [-0.39, 0.29) is 37.3 Å². The zero-order chi connectivity index (χ0) is 24.9. The van der Waals surface area contributed by atoms with E-state index in [9.17, 15) is 32.3 Å². The van der Waals surface area contributed by atoms with Crippen molar-refractivity contribution in [2.75, 3.05) is 0 Å². The van der Waals surface area contributed by atoms with E-state index in [1.165, 1.54) is 12.1 Å². The molecule has 0 bridgehead atoms. The Kier molecular flexibility index (Phi) is 7.54. The van der Waals surface area contributed by atoms with Crippen LogP contribution < -0.4 is 15.8 Å². The fourth-order valence-electron chi connectivity index (χ4n) is 3.72. The highest BCUT2D eigenvalue weighted by molar-refractivity contribution is 6.37. The van der Waals surface area contributed by atoms with Gasteiger partial charge in [-0.15, -0.1) is 13.2 Å². The number of nitrogens with one attached hydrogen (secondary N) is 1. The minimum absolute atomic E-state index is 0.0617. The average molecular weight is 477 g/mol. The highest BCUT2D eigenvalue weighted by Crippen LogP contribution is 2.25. The number of nitrogens with zero attached hydrogens (tertiary/aromatic N) is 1. The van der Waals surface area contributed by atoms with E-state index < -0.39 is 41.8 Å². The van der Waals surface area contributed by atoms with Crippen LogP contribution in [0.4, 0.5) is 13.2 Å². The van der Waals surface area contributed by atoms with Gasteiger partial charge < -0.3 is 20.7 Å². The van der Waals surface area contributed by atoms with Crippen LogP contribution in [0.15, 0.2) is 54.6 Å². The maximum Gasteiger partial charge on any atom is 0.573 e. The minimum Gasteiger partial charge on any atom is -0.406 e. The Morgan fingerprint density at radius 3 is 2.35 bits per heavy atom. The Morgan fingerprint density at radius 1 is 1.09 bits per heavy atom. The molecule has 1 aliphatic rings. The largest absolute Gasteiger partial charge is 0.573 e. The van der Waals surface area contributed by atoms with Crippen molar-refractivity contribution in [1.29, 1.82) is 0 Å². The van der Waals surface area contributed by atoms with Crippen molar-refractivity contribution in [3.63, 3.8) is 0 Å². The van der Waals surface area contributed by atoms with E-state index in [4.69, 9.17) is 5.73 Å². The summed E-state index contributed by atoms with van der Waals surface area (Å²) in [6, 6.07) is 11.2. The van der Waals surface area contributed by atoms with Crippen LogP contribution in [0.3, 0.4) is 0 Å². The monoisotopic (exact) mass is 477 g/mol. The molecule has 8 nitrogen and oxygen atoms in total. The van der Waals surface area contributed by atoms with Crippen LogP contribution in [0.5, 0.6) is 5.75 Å². The predicted molar refractivity (Wildman–Crippen MR) is 113 cm³/mol. The first-order valence-electron chi connectivity index (χ1n) is 10.4. The molecule has 11 heteroatoms. The molecule has 2 atom stereocenters. The third-order valence-corrected chi connectivity index (χ3v) is 5.26. The smallest absolute Gasteiger partial charge is 0.406 e. The molecule has 1 aliphatic heterocycles. The van der Waals surface area contributed by atoms with Gasteiger partial charge in [0.2, 0.25) is 17.6 Å². The summed E-state index contributed by atoms with van der Waals surface area (Å²) in [7, 11) is 0. The van der Waals surface area contributed by atoms with Crippen LogP contribution in [0, 0.1) is 0 Å². The van der Waals surface area contributed by atoms with Crippen LogP contribution in [-0.2, 0) is 32.1 Å². The molecule has 3 rings (SSSR count). The zero-order valence-corrected chi connectivity index (χ0v) is 17.9. The Bertz CT molecular complexity index is 1080. The lowest BCUT2D eigenvalue weighted by atomic mass is 9.98. The second-order valence-electron chi connectivity index (χ2n) is 7.75. The molecule has 2 aromatic carbocycles. The summed E-state index contributed by atoms with van der Waals surface area (Å²) in [5, 5.41) is 2.52. The first kappa shape index (κ1) is 24.7. The van der Waals surface area contributed by atoms with E-state index >= 15 is 0 Å². The molecule has 0 spiro atoms. The van der Waals surface area contributed by atoms with Gasteiger partial charge in [-0.25, -0.2) is 0 Å². The first-order valence-corrected chi connectivity index (χ1v) is 10.4. The van der Waals surface area contributed by atoms with Crippen LogP contribution >= 0.6 is 0 Å². The number of hydrogen-bond donors (Lipinski definition) is 2. The van der Waals surface area contributed by atoms with Crippen molar-refractivity contribution in [1.82, 2.24) is 10.2 Å². The molecule has 2 unspecified atom stereocenters. The van der Waals surface area contributed by atoms with Gasteiger partial charge in [0.25, 0.3) is 5.91 Å². The summed E-state index contributed by atoms with van der Waals surface area (Å²) in [5.74, 6) is -3.80. The first-order chi connectivity index (χ1) is 16.0. The second kappa shape index (κ2) is 10.4. The van der Waals surface area contributed by atoms with E-state index in [1.807, 2.05) is 0 Å². The van der Waals surface area contributed by atoms with Gasteiger partial charge in [0.05, 0.1) is 0 Å². The SMILES string of the molecule is NC(=O)C(=O)C(Cc1ccccc1)N(Cc1cccc(OC(F)(F)F)c1)C(=O)C1CCC(=O)N1. The maximum absolute atomic E-state index is 13.4. The Morgan fingerprint density at radius 2 is 1.76 bits per heavy atom. The standard InChI is InChI=1S/C23H22F3N3O5/c24-23(25,26)34-16-8-4-7-15(11-16)13-29(22(33)17-9-10-19(30)28-17)18(20(31)21(27)32)12-14-5-2-1-3-6-14/h1-8,11,17-18H,9-10,12-13H2,(H2,27,32)(H,28,30). The van der Waals surface area contributed by atoms with Crippen molar-refractivity contribution >= 4 is 23.5 Å². The molecular formula is C23H22F3N3O5. The van der Waals surface area contributed by atoms with Crippen molar-refractivity contribution in [2.24, 2.45) is 5.73 Å². The third kappa shape index (κ3) is 6.56. The zero-order valence-electron chi connectivity index (χ0n) is 17.9. The second-order valence-corrected chi connectivity index (χ2v) is 7.75. The highest BCUT2D eigenvalue weighted by Gasteiger charge is 2.38. The molecular weight excluding hydrogens is 455 g/mol. The van der Waals surface area contributed by atoms with Crippen LogP contribution in [0.25, 0.3) is 0 Å². The van der Waals surface area contributed by atoms with E-state index in [1.54, 1.807) is 30.3 Å². The number of Topliss-reactive ketones (excluding diaryl/α,β-unsaturated/α-hetero) is 1. The molecule has 3 N–H and O–H groups in total. The van der Waals surface area contributed by atoms with E-state index in [0.29, 0.717) is 5.56 Å². The molecule has 0 aliphatic carbocycles. The molecule has 3 amide bonds. The molecule has 1 heterocycles. The quantitative estimate of drug-likeness (QED) is 0.535. The lowest BCUT2D eigenvalue weighted by molar-refractivity contribution is -0.274. The van der Waals surface area contributed by atoms with Crippen molar-refractivity contribution in [3.8, 4) is 5.75 Å². The van der Waals surface area contributed by atoms with Gasteiger partial charge in [-0.3, -0.25) is 19.2 Å².